The molecular formula is C29H32N4O3. The van der Waals surface area contributed by atoms with E-state index in [0.717, 1.165) is 12.0 Å². The number of aryl methyl sites for hydroxylation is 2. The van der Waals surface area contributed by atoms with Crippen LogP contribution in [0.2, 0.25) is 0 Å². The zero-order chi connectivity index (χ0) is 25.8. The first kappa shape index (κ1) is 25.0. The Labute approximate surface area is 211 Å². The van der Waals surface area contributed by atoms with Crippen LogP contribution < -0.4 is 15.6 Å². The van der Waals surface area contributed by atoms with E-state index < -0.39 is 6.04 Å². The number of nitrogens with one attached hydrogen (secondary N) is 1. The van der Waals surface area contributed by atoms with Gasteiger partial charge >= 0.3 is 6.03 Å². The molecule has 186 valence electrons. The molecule has 0 fully saturated rings. The van der Waals surface area contributed by atoms with Gasteiger partial charge < -0.3 is 15.0 Å². The van der Waals surface area contributed by atoms with E-state index in [2.05, 4.69) is 12.2 Å². The minimum atomic E-state index is -0.507. The summed E-state index contributed by atoms with van der Waals surface area (Å²) in [4.78, 5) is 33.7. The molecule has 36 heavy (non-hydrogen) atoms. The van der Waals surface area contributed by atoms with Crippen molar-refractivity contribution in [3.8, 4) is 11.4 Å². The van der Waals surface area contributed by atoms with Crippen molar-refractivity contribution in [2.24, 2.45) is 0 Å². The lowest BCUT2D eigenvalue weighted by Gasteiger charge is -2.30. The van der Waals surface area contributed by atoms with Crippen molar-refractivity contribution in [1.29, 1.82) is 0 Å². The van der Waals surface area contributed by atoms with Crippen LogP contribution in [0.1, 0.15) is 43.8 Å². The van der Waals surface area contributed by atoms with Gasteiger partial charge in [0.1, 0.15) is 11.6 Å². The Balaban J connectivity index is 1.83. The van der Waals surface area contributed by atoms with Crippen molar-refractivity contribution in [3.05, 3.63) is 94.0 Å². The van der Waals surface area contributed by atoms with Crippen molar-refractivity contribution in [2.45, 2.75) is 40.2 Å². The lowest BCUT2D eigenvalue weighted by Crippen LogP contribution is -2.39. The predicted molar refractivity (Wildman–Crippen MR) is 144 cm³/mol. The number of carbonyl (C=O) groups is 1. The molecule has 0 saturated heterocycles. The van der Waals surface area contributed by atoms with E-state index in [9.17, 15) is 9.59 Å². The molecule has 4 rings (SSSR count). The molecule has 0 bridgehead atoms. The number of rotatable bonds is 7. The molecule has 0 aliphatic carbocycles. The number of nitrogens with zero attached hydrogens (tertiary/aromatic N) is 3. The number of benzene rings is 3. The minimum Gasteiger partial charge on any atom is -0.495 e. The van der Waals surface area contributed by atoms with Crippen molar-refractivity contribution >= 4 is 22.6 Å². The molecule has 0 radical (unpaired) electrons. The van der Waals surface area contributed by atoms with Gasteiger partial charge in [0.15, 0.2) is 0 Å². The molecule has 1 N–H and O–H groups in total. The van der Waals surface area contributed by atoms with Gasteiger partial charge in [-0.1, -0.05) is 37.3 Å². The predicted octanol–water partition coefficient (Wildman–Crippen LogP) is 5.88. The molecule has 1 heterocycles. The van der Waals surface area contributed by atoms with Gasteiger partial charge in [-0.3, -0.25) is 9.36 Å². The number of hydrogen-bond acceptors (Lipinski definition) is 4. The van der Waals surface area contributed by atoms with E-state index in [1.165, 1.54) is 5.56 Å². The van der Waals surface area contributed by atoms with Gasteiger partial charge in [0.05, 0.1) is 29.7 Å². The second-order valence-corrected chi connectivity index (χ2v) is 8.75. The number of ether oxygens (including phenoxy) is 1. The number of urea groups is 1. The molecule has 4 aromatic rings. The van der Waals surface area contributed by atoms with Crippen LogP contribution in [-0.4, -0.2) is 34.1 Å². The van der Waals surface area contributed by atoms with Crippen molar-refractivity contribution in [2.75, 3.05) is 19.0 Å². The minimum absolute atomic E-state index is 0.210. The van der Waals surface area contributed by atoms with Gasteiger partial charge in [0.25, 0.3) is 5.56 Å². The van der Waals surface area contributed by atoms with Crippen LogP contribution in [0, 0.1) is 6.92 Å². The maximum Gasteiger partial charge on any atom is 0.322 e. The summed E-state index contributed by atoms with van der Waals surface area (Å²) in [6, 6.07) is 20.0. The topological polar surface area (TPSA) is 76.5 Å². The quantitative estimate of drug-likeness (QED) is 0.355. The van der Waals surface area contributed by atoms with E-state index in [1.807, 2.05) is 81.4 Å². The Morgan fingerprint density at radius 2 is 1.81 bits per heavy atom. The van der Waals surface area contributed by atoms with Crippen LogP contribution >= 0.6 is 0 Å². The summed E-state index contributed by atoms with van der Waals surface area (Å²) in [5, 5.41) is 3.49. The molecule has 1 atom stereocenters. The van der Waals surface area contributed by atoms with Crippen molar-refractivity contribution in [1.82, 2.24) is 14.5 Å². The summed E-state index contributed by atoms with van der Waals surface area (Å²) in [6.07, 6.45) is 0.930. The summed E-state index contributed by atoms with van der Waals surface area (Å²) in [5.41, 5.74) is 3.85. The molecule has 0 spiro atoms. The fourth-order valence-corrected chi connectivity index (χ4v) is 4.39. The summed E-state index contributed by atoms with van der Waals surface area (Å²) >= 11 is 0. The molecule has 1 aromatic heterocycles. The zero-order valence-electron chi connectivity index (χ0n) is 21.4. The highest BCUT2D eigenvalue weighted by Gasteiger charge is 2.27. The normalized spacial score (nSPS) is 11.8. The molecule has 0 aliphatic rings. The second-order valence-electron chi connectivity index (χ2n) is 8.75. The van der Waals surface area contributed by atoms with Gasteiger partial charge in [-0.05, 0) is 74.7 Å². The molecular weight excluding hydrogens is 452 g/mol. The van der Waals surface area contributed by atoms with Crippen molar-refractivity contribution in [3.63, 3.8) is 0 Å². The molecule has 7 heteroatoms. The summed E-state index contributed by atoms with van der Waals surface area (Å²) in [7, 11) is 1.58. The van der Waals surface area contributed by atoms with Gasteiger partial charge in [0.2, 0.25) is 0 Å². The maximum absolute atomic E-state index is 13.8. The van der Waals surface area contributed by atoms with Crippen LogP contribution in [0.25, 0.3) is 16.6 Å². The summed E-state index contributed by atoms with van der Waals surface area (Å²) in [6.45, 7) is 8.27. The molecule has 7 nitrogen and oxygen atoms in total. The van der Waals surface area contributed by atoms with Gasteiger partial charge in [-0.25, -0.2) is 9.78 Å². The lowest BCUT2D eigenvalue weighted by atomic mass is 10.1. The van der Waals surface area contributed by atoms with Crippen LogP contribution in [0.4, 0.5) is 10.5 Å². The van der Waals surface area contributed by atoms with E-state index in [-0.39, 0.29) is 11.6 Å². The third-order valence-corrected chi connectivity index (χ3v) is 6.43. The third kappa shape index (κ3) is 4.82. The first-order valence-corrected chi connectivity index (χ1v) is 12.2. The standard InChI is InChI=1S/C29H32N4O3/c1-6-21-13-15-22(16-14-21)30-29(35)32(7-2)20(4)27-31-24-11-9-8-10-23(24)28(34)33(27)25-18-19(3)12-17-26(25)36-5/h8-18,20H,6-7H2,1-5H3,(H,30,35). The van der Waals surface area contributed by atoms with Crippen LogP contribution in [0.3, 0.4) is 0 Å². The van der Waals surface area contributed by atoms with Gasteiger partial charge in [-0.2, -0.15) is 0 Å². The number of methoxy groups -OCH3 is 1. The third-order valence-electron chi connectivity index (χ3n) is 6.43. The Bertz CT molecular complexity index is 1440. The number of carbonyl (C=O) groups excluding carboxylic acids is 1. The fourth-order valence-electron chi connectivity index (χ4n) is 4.39. The van der Waals surface area contributed by atoms with E-state index >= 15 is 0 Å². The number of aromatic nitrogens is 2. The smallest absolute Gasteiger partial charge is 0.322 e. The van der Waals surface area contributed by atoms with Crippen LogP contribution in [0.15, 0.2) is 71.5 Å². The number of fused-ring (bicyclic) bond motifs is 1. The molecule has 0 aliphatic heterocycles. The Kier molecular flexibility index (Phi) is 7.38. The first-order chi connectivity index (χ1) is 17.4. The Morgan fingerprint density at radius 3 is 2.47 bits per heavy atom. The second kappa shape index (κ2) is 10.6. The monoisotopic (exact) mass is 484 g/mol. The lowest BCUT2D eigenvalue weighted by molar-refractivity contribution is 0.193. The molecule has 2 amide bonds. The SMILES string of the molecule is CCc1ccc(NC(=O)N(CC)C(C)c2nc3ccccc3c(=O)n2-c2cc(C)ccc2OC)cc1. The summed E-state index contributed by atoms with van der Waals surface area (Å²) < 4.78 is 7.18. The van der Waals surface area contributed by atoms with Gasteiger partial charge in [0, 0.05) is 12.2 Å². The number of hydrogen-bond donors (Lipinski definition) is 1. The molecule has 3 aromatic carbocycles. The van der Waals surface area contributed by atoms with Crippen molar-refractivity contribution < 1.29 is 9.53 Å². The van der Waals surface area contributed by atoms with E-state index in [4.69, 9.17) is 9.72 Å². The largest absolute Gasteiger partial charge is 0.495 e. The highest BCUT2D eigenvalue weighted by molar-refractivity contribution is 5.89. The maximum atomic E-state index is 13.8. The summed E-state index contributed by atoms with van der Waals surface area (Å²) in [5.74, 6) is 1.01. The number of para-hydroxylation sites is 1. The zero-order valence-corrected chi connectivity index (χ0v) is 21.4. The Morgan fingerprint density at radius 1 is 1.08 bits per heavy atom. The van der Waals surface area contributed by atoms with Crippen LogP contribution in [-0.2, 0) is 6.42 Å². The van der Waals surface area contributed by atoms with E-state index in [1.54, 1.807) is 22.6 Å². The van der Waals surface area contributed by atoms with Crippen LogP contribution in [0.5, 0.6) is 5.75 Å². The molecule has 1 unspecified atom stereocenters. The average molecular weight is 485 g/mol. The molecule has 0 saturated carbocycles. The number of anilines is 1. The first-order valence-electron chi connectivity index (χ1n) is 12.2. The highest BCUT2D eigenvalue weighted by Crippen LogP contribution is 2.29. The number of amides is 2. The van der Waals surface area contributed by atoms with Gasteiger partial charge in [-0.15, -0.1) is 0 Å². The van der Waals surface area contributed by atoms with E-state index in [0.29, 0.717) is 40.4 Å². The fraction of sp³-hybridized carbons (Fsp3) is 0.276. The Hall–Kier alpha value is -4.13. The average Bonchev–Trinajstić information content (AvgIpc) is 2.89. The highest BCUT2D eigenvalue weighted by atomic mass is 16.5.